The van der Waals surface area contributed by atoms with E-state index in [4.69, 9.17) is 16.6 Å². The minimum absolute atomic E-state index is 0.0758. The number of rotatable bonds is 4. The summed E-state index contributed by atoms with van der Waals surface area (Å²) in [5.74, 6) is 0.0758. The number of piperazine rings is 1. The zero-order valence-electron chi connectivity index (χ0n) is 17.3. The van der Waals surface area contributed by atoms with Crippen LogP contribution in [0.5, 0.6) is 0 Å². The van der Waals surface area contributed by atoms with Gasteiger partial charge in [0.25, 0.3) is 5.91 Å². The molecule has 1 aliphatic rings. The fourth-order valence-corrected chi connectivity index (χ4v) is 4.56. The number of aromatic nitrogens is 1. The number of anilines is 2. The normalized spacial score (nSPS) is 14.1. The molecule has 1 fully saturated rings. The van der Waals surface area contributed by atoms with Crippen molar-refractivity contribution in [3.8, 4) is 0 Å². The number of benzene rings is 2. The average molecular weight is 442 g/mol. The van der Waals surface area contributed by atoms with E-state index in [0.29, 0.717) is 31.2 Å². The lowest BCUT2D eigenvalue weighted by molar-refractivity contribution is 0.0747. The maximum atomic E-state index is 12.8. The lowest BCUT2D eigenvalue weighted by atomic mass is 10.1. The standard InChI is InChI=1S/C22H24ClN5OS/c1-14(2)25-26-22-24-19-18(30-22)9-8-17(23)20(19)27-10-12-28(13-11-27)21(29)16-6-4-15(3)5-7-16/h4-9H,10-13H2,1-3H3,(H,24,26). The Hall–Kier alpha value is -2.64. The SMILES string of the molecule is CC(C)=NNc1nc2c(N3CCN(C(=O)c4ccc(C)cc4)CC3)c(Cl)ccc2s1. The number of carbonyl (C=O) groups is 1. The molecule has 0 unspecified atom stereocenters. The molecule has 1 aromatic heterocycles. The number of nitrogens with one attached hydrogen (secondary N) is 1. The zero-order valence-corrected chi connectivity index (χ0v) is 18.8. The Morgan fingerprint density at radius 2 is 1.80 bits per heavy atom. The quantitative estimate of drug-likeness (QED) is 0.455. The smallest absolute Gasteiger partial charge is 0.253 e. The van der Waals surface area contributed by atoms with Crippen molar-refractivity contribution in [1.82, 2.24) is 9.88 Å². The summed E-state index contributed by atoms with van der Waals surface area (Å²) in [5, 5.41) is 5.65. The second-order valence-corrected chi connectivity index (χ2v) is 9.02. The van der Waals surface area contributed by atoms with E-state index in [1.165, 1.54) is 0 Å². The Labute approximate surface area is 185 Å². The number of nitrogens with zero attached hydrogens (tertiary/aromatic N) is 4. The van der Waals surface area contributed by atoms with Crippen LogP contribution in [-0.2, 0) is 0 Å². The molecule has 30 heavy (non-hydrogen) atoms. The lowest BCUT2D eigenvalue weighted by Crippen LogP contribution is -2.49. The third-order valence-corrected chi connectivity index (χ3v) is 6.27. The summed E-state index contributed by atoms with van der Waals surface area (Å²) < 4.78 is 1.05. The van der Waals surface area contributed by atoms with Gasteiger partial charge in [0.2, 0.25) is 5.13 Å². The van der Waals surface area contributed by atoms with Crippen molar-refractivity contribution in [1.29, 1.82) is 0 Å². The highest BCUT2D eigenvalue weighted by Crippen LogP contribution is 2.38. The molecule has 1 N–H and O–H groups in total. The number of halogens is 1. The molecule has 156 valence electrons. The van der Waals surface area contributed by atoms with Crippen molar-refractivity contribution < 1.29 is 4.79 Å². The number of aryl methyl sites for hydroxylation is 1. The summed E-state index contributed by atoms with van der Waals surface area (Å²) in [6.45, 7) is 8.60. The number of amides is 1. The van der Waals surface area contributed by atoms with Crippen LogP contribution in [0.2, 0.25) is 5.02 Å². The van der Waals surface area contributed by atoms with E-state index in [1.54, 1.807) is 11.3 Å². The largest absolute Gasteiger partial charge is 0.365 e. The van der Waals surface area contributed by atoms with Crippen LogP contribution in [0.4, 0.5) is 10.8 Å². The van der Waals surface area contributed by atoms with E-state index in [-0.39, 0.29) is 5.91 Å². The van der Waals surface area contributed by atoms with Crippen molar-refractivity contribution in [3.63, 3.8) is 0 Å². The van der Waals surface area contributed by atoms with Gasteiger partial charge in [-0.05, 0) is 45.0 Å². The van der Waals surface area contributed by atoms with E-state index < -0.39 is 0 Å². The number of thiazole rings is 1. The summed E-state index contributed by atoms with van der Waals surface area (Å²) >= 11 is 8.13. The molecular formula is C22H24ClN5OS. The van der Waals surface area contributed by atoms with Crippen molar-refractivity contribution in [3.05, 3.63) is 52.5 Å². The van der Waals surface area contributed by atoms with Crippen LogP contribution in [0.15, 0.2) is 41.5 Å². The van der Waals surface area contributed by atoms with E-state index in [0.717, 1.165) is 37.9 Å². The van der Waals surface area contributed by atoms with Crippen LogP contribution in [-0.4, -0.2) is 47.7 Å². The predicted molar refractivity (Wildman–Crippen MR) is 126 cm³/mol. The fraction of sp³-hybridized carbons (Fsp3) is 0.318. The highest BCUT2D eigenvalue weighted by atomic mass is 35.5. The average Bonchev–Trinajstić information content (AvgIpc) is 3.15. The predicted octanol–water partition coefficient (Wildman–Crippen LogP) is 5.03. The van der Waals surface area contributed by atoms with Crippen LogP contribution in [0, 0.1) is 6.92 Å². The van der Waals surface area contributed by atoms with Gasteiger partial charge in [0, 0.05) is 37.5 Å². The first-order valence-electron chi connectivity index (χ1n) is 9.89. The Morgan fingerprint density at radius 3 is 2.47 bits per heavy atom. The summed E-state index contributed by atoms with van der Waals surface area (Å²) in [6.07, 6.45) is 0. The first-order valence-corrected chi connectivity index (χ1v) is 11.1. The zero-order chi connectivity index (χ0) is 21.3. The topological polar surface area (TPSA) is 60.8 Å². The van der Waals surface area contributed by atoms with Crippen LogP contribution in [0.3, 0.4) is 0 Å². The molecule has 1 amide bonds. The summed E-state index contributed by atoms with van der Waals surface area (Å²) in [7, 11) is 0. The molecule has 8 heteroatoms. The fourth-order valence-electron chi connectivity index (χ4n) is 3.48. The molecule has 6 nitrogen and oxygen atoms in total. The molecule has 0 radical (unpaired) electrons. The van der Waals surface area contributed by atoms with Gasteiger partial charge in [-0.25, -0.2) is 4.98 Å². The molecule has 2 heterocycles. The molecule has 1 saturated heterocycles. The molecule has 0 atom stereocenters. The van der Waals surface area contributed by atoms with Gasteiger partial charge in [-0.2, -0.15) is 5.10 Å². The van der Waals surface area contributed by atoms with Crippen molar-refractivity contribution in [2.24, 2.45) is 5.10 Å². The maximum absolute atomic E-state index is 12.8. The van der Waals surface area contributed by atoms with Crippen molar-refractivity contribution >= 4 is 55.6 Å². The Balaban J connectivity index is 1.52. The van der Waals surface area contributed by atoms with E-state index in [9.17, 15) is 4.79 Å². The molecule has 0 aliphatic carbocycles. The molecular weight excluding hydrogens is 418 g/mol. The highest BCUT2D eigenvalue weighted by molar-refractivity contribution is 7.22. The van der Waals surface area contributed by atoms with Crippen molar-refractivity contribution in [2.75, 3.05) is 36.5 Å². The lowest BCUT2D eigenvalue weighted by Gasteiger charge is -2.36. The first kappa shape index (κ1) is 20.6. The second-order valence-electron chi connectivity index (χ2n) is 7.58. The Morgan fingerprint density at radius 1 is 1.10 bits per heavy atom. The summed E-state index contributed by atoms with van der Waals surface area (Å²) in [5.41, 5.74) is 7.62. The number of carbonyl (C=O) groups excluding carboxylic acids is 1. The molecule has 0 bridgehead atoms. The van der Waals surface area contributed by atoms with Gasteiger partial charge in [0.15, 0.2) is 0 Å². The molecule has 3 aromatic rings. The van der Waals surface area contributed by atoms with E-state index >= 15 is 0 Å². The van der Waals surface area contributed by atoms with E-state index in [2.05, 4.69) is 15.4 Å². The van der Waals surface area contributed by atoms with Crippen LogP contribution in [0.25, 0.3) is 10.2 Å². The van der Waals surface area contributed by atoms with Gasteiger partial charge < -0.3 is 9.80 Å². The number of fused-ring (bicyclic) bond motifs is 1. The molecule has 0 saturated carbocycles. The Kier molecular flexibility index (Phi) is 5.92. The van der Waals surface area contributed by atoms with Crippen LogP contribution >= 0.6 is 22.9 Å². The third-order valence-electron chi connectivity index (χ3n) is 5.04. The minimum Gasteiger partial charge on any atom is -0.365 e. The number of hydrazone groups is 1. The molecule has 1 aliphatic heterocycles. The monoisotopic (exact) mass is 441 g/mol. The molecule has 4 rings (SSSR count). The number of hydrogen-bond acceptors (Lipinski definition) is 6. The summed E-state index contributed by atoms with van der Waals surface area (Å²) in [4.78, 5) is 21.7. The maximum Gasteiger partial charge on any atom is 0.253 e. The minimum atomic E-state index is 0.0758. The van der Waals surface area contributed by atoms with Crippen LogP contribution < -0.4 is 10.3 Å². The van der Waals surface area contributed by atoms with Crippen molar-refractivity contribution in [2.45, 2.75) is 20.8 Å². The number of hydrogen-bond donors (Lipinski definition) is 1. The second kappa shape index (κ2) is 8.62. The van der Waals surface area contributed by atoms with Gasteiger partial charge in [0.1, 0.15) is 5.52 Å². The van der Waals surface area contributed by atoms with Gasteiger partial charge in [0.05, 0.1) is 15.4 Å². The Bertz CT molecular complexity index is 1100. The van der Waals surface area contributed by atoms with E-state index in [1.807, 2.05) is 62.1 Å². The highest BCUT2D eigenvalue weighted by Gasteiger charge is 2.25. The van der Waals surface area contributed by atoms with Gasteiger partial charge in [-0.1, -0.05) is 40.6 Å². The molecule has 2 aromatic carbocycles. The first-order chi connectivity index (χ1) is 14.4. The molecule has 0 spiro atoms. The van der Waals surface area contributed by atoms with Crippen LogP contribution in [0.1, 0.15) is 29.8 Å². The van der Waals surface area contributed by atoms with Gasteiger partial charge >= 0.3 is 0 Å². The van der Waals surface area contributed by atoms with Gasteiger partial charge in [-0.15, -0.1) is 0 Å². The van der Waals surface area contributed by atoms with Gasteiger partial charge in [-0.3, -0.25) is 10.2 Å². The summed E-state index contributed by atoms with van der Waals surface area (Å²) in [6, 6.07) is 11.6. The third kappa shape index (κ3) is 4.27.